The van der Waals surface area contributed by atoms with Crippen LogP contribution in [0, 0.1) is 12.3 Å². The third-order valence-electron chi connectivity index (χ3n) is 3.76. The molecule has 102 valence electrons. The lowest BCUT2D eigenvalue weighted by molar-refractivity contribution is 0.321. The average molecular weight is 256 g/mol. The van der Waals surface area contributed by atoms with Gasteiger partial charge in [0.2, 0.25) is 0 Å². The maximum Gasteiger partial charge on any atom is 0.0743 e. The van der Waals surface area contributed by atoms with E-state index in [1.807, 2.05) is 0 Å². The van der Waals surface area contributed by atoms with Gasteiger partial charge in [-0.3, -0.25) is 5.32 Å². The van der Waals surface area contributed by atoms with Gasteiger partial charge in [0, 0.05) is 19.1 Å². The van der Waals surface area contributed by atoms with E-state index < -0.39 is 0 Å². The summed E-state index contributed by atoms with van der Waals surface area (Å²) in [6, 6.07) is 11.2. The molecule has 2 rings (SSSR count). The molecule has 1 aromatic rings. The number of likely N-dealkylation sites (tertiary alicyclic amines) is 1. The average Bonchev–Trinajstić information content (AvgIpc) is 2.84. The Hall–Kier alpha value is -1.30. The Bertz CT molecular complexity index is 430. The molecule has 19 heavy (non-hydrogen) atoms. The standard InChI is InChI=1S/C17H24N2/c1-4-17(2,3)18-16-11-13-19(14-16)12-10-15-8-6-5-7-9-15/h1,5-9,16,18H,10-14H2,2-3H3. The molecule has 1 aliphatic rings. The predicted octanol–water partition coefficient (Wildman–Crippen LogP) is 2.30. The highest BCUT2D eigenvalue weighted by Crippen LogP contribution is 2.13. The van der Waals surface area contributed by atoms with Crippen molar-refractivity contribution in [2.75, 3.05) is 19.6 Å². The minimum absolute atomic E-state index is 0.194. The van der Waals surface area contributed by atoms with Crippen LogP contribution < -0.4 is 5.32 Å². The molecule has 2 heteroatoms. The molecule has 0 saturated carbocycles. The molecule has 2 nitrogen and oxygen atoms in total. The van der Waals surface area contributed by atoms with Gasteiger partial charge in [0.25, 0.3) is 0 Å². The van der Waals surface area contributed by atoms with Crippen molar-refractivity contribution in [3.8, 4) is 12.3 Å². The molecule has 1 atom stereocenters. The molecule has 0 radical (unpaired) electrons. The van der Waals surface area contributed by atoms with Crippen molar-refractivity contribution >= 4 is 0 Å². The minimum atomic E-state index is -0.194. The largest absolute Gasteiger partial charge is 0.301 e. The van der Waals surface area contributed by atoms with Gasteiger partial charge in [-0.1, -0.05) is 36.3 Å². The lowest BCUT2D eigenvalue weighted by Crippen LogP contribution is -2.46. The molecule has 0 aliphatic carbocycles. The number of nitrogens with zero attached hydrogens (tertiary/aromatic N) is 1. The highest BCUT2D eigenvalue weighted by molar-refractivity contribution is 5.15. The Kier molecular flexibility index (Phi) is 4.63. The van der Waals surface area contributed by atoms with Crippen molar-refractivity contribution in [3.05, 3.63) is 35.9 Å². The summed E-state index contributed by atoms with van der Waals surface area (Å²) in [7, 11) is 0. The zero-order valence-electron chi connectivity index (χ0n) is 12.0. The van der Waals surface area contributed by atoms with Crippen LogP contribution in [0.5, 0.6) is 0 Å². The molecule has 1 unspecified atom stereocenters. The molecule has 0 spiro atoms. The second-order valence-electron chi connectivity index (χ2n) is 5.94. The van der Waals surface area contributed by atoms with Crippen molar-refractivity contribution in [2.24, 2.45) is 0 Å². The van der Waals surface area contributed by atoms with Gasteiger partial charge in [0.05, 0.1) is 5.54 Å². The smallest absolute Gasteiger partial charge is 0.0743 e. The lowest BCUT2D eigenvalue weighted by Gasteiger charge is -2.25. The molecule has 1 N–H and O–H groups in total. The normalized spacial score (nSPS) is 20.4. The Morgan fingerprint density at radius 3 is 2.79 bits per heavy atom. The number of hydrogen-bond acceptors (Lipinski definition) is 2. The highest BCUT2D eigenvalue weighted by Gasteiger charge is 2.26. The third kappa shape index (κ3) is 4.38. The first-order chi connectivity index (χ1) is 9.09. The van der Waals surface area contributed by atoms with Crippen LogP contribution in [0.2, 0.25) is 0 Å². The molecule has 1 heterocycles. The first-order valence-corrected chi connectivity index (χ1v) is 7.11. The molecule has 1 aromatic carbocycles. The highest BCUT2D eigenvalue weighted by atomic mass is 15.2. The number of terminal acetylenes is 1. The van der Waals surface area contributed by atoms with Crippen LogP contribution in [-0.4, -0.2) is 36.1 Å². The van der Waals surface area contributed by atoms with Crippen molar-refractivity contribution in [1.82, 2.24) is 10.2 Å². The fraction of sp³-hybridized carbons (Fsp3) is 0.529. The van der Waals surface area contributed by atoms with Gasteiger partial charge in [0.1, 0.15) is 0 Å². The van der Waals surface area contributed by atoms with Crippen LogP contribution in [0.25, 0.3) is 0 Å². The Labute approximate surface area is 117 Å². The van der Waals surface area contributed by atoms with E-state index >= 15 is 0 Å². The van der Waals surface area contributed by atoms with E-state index in [1.54, 1.807) is 0 Å². The first kappa shape index (κ1) is 14.1. The lowest BCUT2D eigenvalue weighted by atomic mass is 10.1. The van der Waals surface area contributed by atoms with Crippen LogP contribution in [0.15, 0.2) is 30.3 Å². The minimum Gasteiger partial charge on any atom is -0.301 e. The van der Waals surface area contributed by atoms with E-state index in [0.717, 1.165) is 19.5 Å². The topological polar surface area (TPSA) is 15.3 Å². The maximum absolute atomic E-state index is 5.53. The number of rotatable bonds is 5. The summed E-state index contributed by atoms with van der Waals surface area (Å²) in [5.41, 5.74) is 1.22. The Morgan fingerprint density at radius 2 is 2.11 bits per heavy atom. The molecular formula is C17H24N2. The second-order valence-corrected chi connectivity index (χ2v) is 5.94. The van der Waals surface area contributed by atoms with E-state index in [9.17, 15) is 0 Å². The summed E-state index contributed by atoms with van der Waals surface area (Å²) >= 11 is 0. The predicted molar refractivity (Wildman–Crippen MR) is 81.0 cm³/mol. The van der Waals surface area contributed by atoms with Crippen LogP contribution in [0.3, 0.4) is 0 Å². The first-order valence-electron chi connectivity index (χ1n) is 7.11. The van der Waals surface area contributed by atoms with Crippen LogP contribution in [0.4, 0.5) is 0 Å². The third-order valence-corrected chi connectivity index (χ3v) is 3.76. The van der Waals surface area contributed by atoms with E-state index in [1.165, 1.54) is 18.5 Å². The van der Waals surface area contributed by atoms with Gasteiger partial charge >= 0.3 is 0 Å². The quantitative estimate of drug-likeness (QED) is 0.813. The molecule has 0 aromatic heterocycles. The summed E-state index contributed by atoms with van der Waals surface area (Å²) in [6.45, 7) is 7.56. The maximum atomic E-state index is 5.53. The van der Waals surface area contributed by atoms with Gasteiger partial charge in [-0.2, -0.15) is 0 Å². The summed E-state index contributed by atoms with van der Waals surface area (Å²) in [4.78, 5) is 2.53. The van der Waals surface area contributed by atoms with Crippen molar-refractivity contribution in [1.29, 1.82) is 0 Å². The van der Waals surface area contributed by atoms with Crippen LogP contribution in [-0.2, 0) is 6.42 Å². The molecule has 0 bridgehead atoms. The van der Waals surface area contributed by atoms with Crippen LogP contribution in [0.1, 0.15) is 25.8 Å². The summed E-state index contributed by atoms with van der Waals surface area (Å²) in [6.07, 6.45) is 7.85. The van der Waals surface area contributed by atoms with E-state index in [2.05, 4.69) is 60.3 Å². The van der Waals surface area contributed by atoms with Gasteiger partial charge < -0.3 is 4.90 Å². The zero-order chi connectivity index (χ0) is 13.7. The monoisotopic (exact) mass is 256 g/mol. The van der Waals surface area contributed by atoms with Gasteiger partial charge in [0.15, 0.2) is 0 Å². The molecule has 1 fully saturated rings. The Morgan fingerprint density at radius 1 is 1.37 bits per heavy atom. The Balaban J connectivity index is 1.75. The van der Waals surface area contributed by atoms with Gasteiger partial charge in [-0.25, -0.2) is 0 Å². The van der Waals surface area contributed by atoms with Crippen molar-refractivity contribution < 1.29 is 0 Å². The number of hydrogen-bond donors (Lipinski definition) is 1. The molecule has 1 saturated heterocycles. The van der Waals surface area contributed by atoms with Crippen LogP contribution >= 0.6 is 0 Å². The number of nitrogens with one attached hydrogen (secondary N) is 1. The second kappa shape index (κ2) is 6.23. The summed E-state index contributed by atoms with van der Waals surface area (Å²) in [5.74, 6) is 2.81. The molecule has 1 aliphatic heterocycles. The SMILES string of the molecule is C#CC(C)(C)NC1CCN(CCc2ccccc2)C1. The summed E-state index contributed by atoms with van der Waals surface area (Å²) in [5, 5.41) is 3.56. The molecule has 0 amide bonds. The van der Waals surface area contributed by atoms with Crippen molar-refractivity contribution in [3.63, 3.8) is 0 Å². The molecular weight excluding hydrogens is 232 g/mol. The van der Waals surface area contributed by atoms with E-state index in [4.69, 9.17) is 6.42 Å². The van der Waals surface area contributed by atoms with Gasteiger partial charge in [-0.15, -0.1) is 6.42 Å². The fourth-order valence-electron chi connectivity index (χ4n) is 2.64. The van der Waals surface area contributed by atoms with Crippen molar-refractivity contribution in [2.45, 2.75) is 38.3 Å². The number of benzene rings is 1. The van der Waals surface area contributed by atoms with Gasteiger partial charge in [-0.05, 0) is 38.8 Å². The van der Waals surface area contributed by atoms with E-state index in [-0.39, 0.29) is 5.54 Å². The zero-order valence-corrected chi connectivity index (χ0v) is 12.0. The summed E-state index contributed by atoms with van der Waals surface area (Å²) < 4.78 is 0. The van der Waals surface area contributed by atoms with E-state index in [0.29, 0.717) is 6.04 Å². The fourth-order valence-corrected chi connectivity index (χ4v) is 2.64.